The van der Waals surface area contributed by atoms with E-state index < -0.39 is 0 Å². The molecule has 0 atom stereocenters. The Kier molecular flexibility index (Phi) is 2.77. The number of hydrogen-bond donors (Lipinski definition) is 1. The van der Waals surface area contributed by atoms with Crippen molar-refractivity contribution in [1.82, 2.24) is 9.78 Å². The molecule has 3 nitrogen and oxygen atoms in total. The lowest BCUT2D eigenvalue weighted by molar-refractivity contribution is 0.575. The minimum Gasteiger partial charge on any atom is -0.373 e. The molecule has 3 rings (SSSR count). The molecule has 1 N–H and O–H groups in total. The SMILES string of the molecule is Cc1nn(C)c2c1C(C)(C)Nc1c(F)cc(Br)c(C)c1-2. The van der Waals surface area contributed by atoms with Crippen LogP contribution in [-0.4, -0.2) is 9.78 Å². The Hall–Kier alpha value is -1.36. The highest BCUT2D eigenvalue weighted by Gasteiger charge is 2.37. The van der Waals surface area contributed by atoms with Crippen LogP contribution in [-0.2, 0) is 12.6 Å². The van der Waals surface area contributed by atoms with E-state index >= 15 is 0 Å². The molecule has 0 amide bonds. The Balaban J connectivity index is 2.48. The van der Waals surface area contributed by atoms with E-state index in [0.717, 1.165) is 32.6 Å². The Morgan fingerprint density at radius 1 is 1.35 bits per heavy atom. The standard InChI is InChI=1S/C15H17BrFN3/c1-7-9(16)6-10(17)13-11(7)14-12(15(3,4)18-13)8(2)19-20(14)5/h6,18H,1-5H3. The van der Waals surface area contributed by atoms with Gasteiger partial charge < -0.3 is 5.32 Å². The zero-order valence-electron chi connectivity index (χ0n) is 12.2. The second kappa shape index (κ2) is 4.07. The first kappa shape index (κ1) is 13.6. The Labute approximate surface area is 126 Å². The number of nitrogens with zero attached hydrogens (tertiary/aromatic N) is 2. The highest BCUT2D eigenvalue weighted by atomic mass is 79.9. The van der Waals surface area contributed by atoms with E-state index in [1.165, 1.54) is 6.07 Å². The molecule has 20 heavy (non-hydrogen) atoms. The Morgan fingerprint density at radius 3 is 2.65 bits per heavy atom. The van der Waals surface area contributed by atoms with Crippen molar-refractivity contribution in [3.63, 3.8) is 0 Å². The summed E-state index contributed by atoms with van der Waals surface area (Å²) in [4.78, 5) is 0. The number of aryl methyl sites for hydroxylation is 2. The van der Waals surface area contributed by atoms with E-state index in [1.54, 1.807) is 0 Å². The summed E-state index contributed by atoms with van der Waals surface area (Å²) in [6, 6.07) is 1.52. The molecular weight excluding hydrogens is 321 g/mol. The topological polar surface area (TPSA) is 29.9 Å². The average Bonchev–Trinajstić information content (AvgIpc) is 2.62. The van der Waals surface area contributed by atoms with Gasteiger partial charge in [0.2, 0.25) is 0 Å². The Bertz CT molecular complexity index is 731. The summed E-state index contributed by atoms with van der Waals surface area (Å²) in [6.07, 6.45) is 0. The number of benzene rings is 1. The molecule has 0 saturated heterocycles. The zero-order chi connectivity index (χ0) is 14.8. The molecule has 0 bridgehead atoms. The number of rotatable bonds is 0. The van der Waals surface area contributed by atoms with Crippen LogP contribution >= 0.6 is 15.9 Å². The number of aromatic nitrogens is 2. The molecule has 0 aliphatic carbocycles. The van der Waals surface area contributed by atoms with Gasteiger partial charge in [-0.3, -0.25) is 4.68 Å². The van der Waals surface area contributed by atoms with Crippen LogP contribution in [0.15, 0.2) is 10.5 Å². The fraction of sp³-hybridized carbons (Fsp3) is 0.400. The summed E-state index contributed by atoms with van der Waals surface area (Å²) in [7, 11) is 1.91. The molecule has 1 aliphatic heterocycles. The molecule has 1 aromatic carbocycles. The predicted molar refractivity (Wildman–Crippen MR) is 82.4 cm³/mol. The lowest BCUT2D eigenvalue weighted by atomic mass is 9.83. The molecule has 1 aliphatic rings. The molecule has 2 heterocycles. The third kappa shape index (κ3) is 1.65. The van der Waals surface area contributed by atoms with Crippen molar-refractivity contribution in [2.45, 2.75) is 33.2 Å². The van der Waals surface area contributed by atoms with Gasteiger partial charge in [-0.05, 0) is 39.3 Å². The second-order valence-corrected chi connectivity index (χ2v) is 6.75. The molecule has 106 valence electrons. The third-order valence-corrected chi connectivity index (χ3v) is 4.82. The number of fused-ring (bicyclic) bond motifs is 3. The van der Waals surface area contributed by atoms with Crippen LogP contribution in [0.5, 0.6) is 0 Å². The molecule has 0 unspecified atom stereocenters. The van der Waals surface area contributed by atoms with Crippen LogP contribution < -0.4 is 5.32 Å². The number of hydrogen-bond acceptors (Lipinski definition) is 2. The molecule has 0 spiro atoms. The number of halogens is 2. The van der Waals surface area contributed by atoms with Crippen LogP contribution in [0.2, 0.25) is 0 Å². The van der Waals surface area contributed by atoms with Crippen LogP contribution in [0.25, 0.3) is 11.3 Å². The first-order chi connectivity index (χ1) is 9.24. The molecule has 0 saturated carbocycles. The molecule has 2 aromatic rings. The summed E-state index contributed by atoms with van der Waals surface area (Å²) in [5.41, 5.74) is 5.24. The van der Waals surface area contributed by atoms with Crippen molar-refractivity contribution in [1.29, 1.82) is 0 Å². The predicted octanol–water partition coefficient (Wildman–Crippen LogP) is 4.27. The fourth-order valence-corrected chi connectivity index (χ4v) is 3.60. The van der Waals surface area contributed by atoms with Gasteiger partial charge in [0.05, 0.1) is 22.6 Å². The molecule has 0 radical (unpaired) electrons. The van der Waals surface area contributed by atoms with Crippen LogP contribution in [0.3, 0.4) is 0 Å². The van der Waals surface area contributed by atoms with Crippen LogP contribution in [0.1, 0.15) is 30.7 Å². The second-order valence-electron chi connectivity index (χ2n) is 5.90. The van der Waals surface area contributed by atoms with Crippen LogP contribution in [0.4, 0.5) is 10.1 Å². The zero-order valence-corrected chi connectivity index (χ0v) is 13.8. The largest absolute Gasteiger partial charge is 0.373 e. The molecule has 1 aromatic heterocycles. The molecule has 0 fully saturated rings. The van der Waals surface area contributed by atoms with Crippen molar-refractivity contribution in [3.8, 4) is 11.3 Å². The smallest absolute Gasteiger partial charge is 0.148 e. The summed E-state index contributed by atoms with van der Waals surface area (Å²) in [5.74, 6) is -0.241. The van der Waals surface area contributed by atoms with E-state index in [1.807, 2.05) is 25.6 Å². The van der Waals surface area contributed by atoms with Crippen molar-refractivity contribution in [3.05, 3.63) is 33.2 Å². The van der Waals surface area contributed by atoms with Crippen molar-refractivity contribution in [2.24, 2.45) is 7.05 Å². The summed E-state index contributed by atoms with van der Waals surface area (Å²) in [5, 5.41) is 7.86. The van der Waals surface area contributed by atoms with E-state index in [0.29, 0.717) is 5.69 Å². The van der Waals surface area contributed by atoms with Gasteiger partial charge in [-0.1, -0.05) is 15.9 Å². The van der Waals surface area contributed by atoms with Crippen LogP contribution in [0, 0.1) is 19.7 Å². The number of nitrogens with one attached hydrogen (secondary N) is 1. The van der Waals surface area contributed by atoms with E-state index in [4.69, 9.17) is 0 Å². The monoisotopic (exact) mass is 337 g/mol. The van der Waals surface area contributed by atoms with Gasteiger partial charge in [0, 0.05) is 22.6 Å². The summed E-state index contributed by atoms with van der Waals surface area (Å²) < 4.78 is 17.0. The van der Waals surface area contributed by atoms with E-state index in [-0.39, 0.29) is 11.4 Å². The fourth-order valence-electron chi connectivity index (χ4n) is 3.20. The van der Waals surface area contributed by atoms with Gasteiger partial charge in [0.15, 0.2) is 0 Å². The lowest BCUT2D eigenvalue weighted by Gasteiger charge is -2.35. The van der Waals surface area contributed by atoms with Crippen molar-refractivity contribution >= 4 is 21.6 Å². The van der Waals surface area contributed by atoms with Gasteiger partial charge in [-0.25, -0.2) is 4.39 Å². The van der Waals surface area contributed by atoms with Gasteiger partial charge in [0.25, 0.3) is 0 Å². The Morgan fingerprint density at radius 2 is 2.00 bits per heavy atom. The van der Waals surface area contributed by atoms with Gasteiger partial charge in [-0.2, -0.15) is 5.10 Å². The highest BCUT2D eigenvalue weighted by molar-refractivity contribution is 9.10. The van der Waals surface area contributed by atoms with Gasteiger partial charge >= 0.3 is 0 Å². The van der Waals surface area contributed by atoms with Crippen molar-refractivity contribution < 1.29 is 4.39 Å². The minimum absolute atomic E-state index is 0.241. The number of anilines is 1. The maximum atomic E-state index is 14.4. The average molecular weight is 338 g/mol. The molecular formula is C15H17BrFN3. The summed E-state index contributed by atoms with van der Waals surface area (Å²) >= 11 is 3.44. The lowest BCUT2D eigenvalue weighted by Crippen LogP contribution is -2.33. The first-order valence-corrected chi connectivity index (χ1v) is 7.34. The van der Waals surface area contributed by atoms with Crippen molar-refractivity contribution in [2.75, 3.05) is 5.32 Å². The maximum absolute atomic E-state index is 14.4. The molecule has 5 heteroatoms. The normalized spacial score (nSPS) is 15.6. The highest BCUT2D eigenvalue weighted by Crippen LogP contribution is 2.48. The van der Waals surface area contributed by atoms with Gasteiger partial charge in [0.1, 0.15) is 5.82 Å². The third-order valence-electron chi connectivity index (χ3n) is 4.00. The first-order valence-electron chi connectivity index (χ1n) is 6.55. The minimum atomic E-state index is -0.345. The quantitative estimate of drug-likeness (QED) is 0.778. The van der Waals surface area contributed by atoms with E-state index in [2.05, 4.69) is 40.2 Å². The van der Waals surface area contributed by atoms with Gasteiger partial charge in [-0.15, -0.1) is 0 Å². The maximum Gasteiger partial charge on any atom is 0.148 e. The van der Waals surface area contributed by atoms with E-state index in [9.17, 15) is 4.39 Å². The summed E-state index contributed by atoms with van der Waals surface area (Å²) in [6.45, 7) is 8.10.